The van der Waals surface area contributed by atoms with E-state index in [1.165, 1.54) is 43.6 Å². The van der Waals surface area contributed by atoms with Crippen LogP contribution in [-0.2, 0) is 0 Å². The molecule has 20 heavy (non-hydrogen) atoms. The lowest BCUT2D eigenvalue weighted by Crippen LogP contribution is -2.49. The van der Waals surface area contributed by atoms with E-state index >= 15 is 0 Å². The maximum atomic E-state index is 6.14. The number of likely N-dealkylation sites (N-methyl/N-ethyl adjacent to an activating group) is 1. The minimum absolute atomic E-state index is 0.483. The van der Waals surface area contributed by atoms with Gasteiger partial charge >= 0.3 is 0 Å². The van der Waals surface area contributed by atoms with Gasteiger partial charge in [0.1, 0.15) is 0 Å². The van der Waals surface area contributed by atoms with Crippen molar-refractivity contribution < 1.29 is 0 Å². The monoisotopic (exact) mass is 298 g/mol. The van der Waals surface area contributed by atoms with Gasteiger partial charge in [0.25, 0.3) is 0 Å². The van der Waals surface area contributed by atoms with E-state index in [4.69, 9.17) is 5.73 Å². The summed E-state index contributed by atoms with van der Waals surface area (Å²) in [5.74, 6) is 4.38. The maximum Gasteiger partial charge on any atom is 0.0246 e. The standard InChI is InChI=1S/C17H34N2S/c1-17(2,3)14-7-5-13(6-8-14)16(11-18)19(4)15-9-10-20-12-15/h13-16H,5-12,18H2,1-4H3. The first kappa shape index (κ1) is 16.6. The smallest absolute Gasteiger partial charge is 0.0246 e. The van der Waals surface area contributed by atoms with E-state index in [2.05, 4.69) is 44.5 Å². The van der Waals surface area contributed by atoms with Gasteiger partial charge in [-0.3, -0.25) is 4.90 Å². The predicted molar refractivity (Wildman–Crippen MR) is 91.2 cm³/mol. The summed E-state index contributed by atoms with van der Waals surface area (Å²) in [5.41, 5.74) is 6.63. The van der Waals surface area contributed by atoms with Gasteiger partial charge in [-0.25, -0.2) is 0 Å². The van der Waals surface area contributed by atoms with Gasteiger partial charge in [-0.05, 0) is 62.2 Å². The molecule has 2 N–H and O–H groups in total. The zero-order valence-corrected chi connectivity index (χ0v) is 14.7. The SMILES string of the molecule is CN(C1CCSC1)C(CN)C1CCC(C(C)(C)C)CC1. The van der Waals surface area contributed by atoms with Crippen molar-refractivity contribution in [3.63, 3.8) is 0 Å². The third kappa shape index (κ3) is 3.92. The van der Waals surface area contributed by atoms with Crippen molar-refractivity contribution in [2.75, 3.05) is 25.1 Å². The van der Waals surface area contributed by atoms with Crippen LogP contribution in [0.2, 0.25) is 0 Å². The molecule has 0 aromatic heterocycles. The second-order valence-corrected chi connectivity index (χ2v) is 9.11. The molecule has 1 saturated heterocycles. The zero-order valence-electron chi connectivity index (χ0n) is 13.9. The van der Waals surface area contributed by atoms with Gasteiger partial charge in [-0.2, -0.15) is 11.8 Å². The van der Waals surface area contributed by atoms with Crippen LogP contribution >= 0.6 is 11.8 Å². The lowest BCUT2D eigenvalue weighted by atomic mass is 9.68. The van der Waals surface area contributed by atoms with Gasteiger partial charge in [-0.1, -0.05) is 20.8 Å². The molecule has 2 aliphatic rings. The van der Waals surface area contributed by atoms with Crippen LogP contribution < -0.4 is 5.73 Å². The molecule has 2 rings (SSSR count). The Balaban J connectivity index is 1.89. The molecule has 0 radical (unpaired) electrons. The van der Waals surface area contributed by atoms with E-state index in [1.54, 1.807) is 0 Å². The Labute approximate surface area is 130 Å². The van der Waals surface area contributed by atoms with E-state index in [0.717, 1.165) is 24.4 Å². The molecule has 2 fully saturated rings. The number of hydrogen-bond acceptors (Lipinski definition) is 3. The van der Waals surface area contributed by atoms with E-state index < -0.39 is 0 Å². The molecule has 1 heterocycles. The van der Waals surface area contributed by atoms with Gasteiger partial charge < -0.3 is 5.73 Å². The van der Waals surface area contributed by atoms with Crippen molar-refractivity contribution in [3.05, 3.63) is 0 Å². The van der Waals surface area contributed by atoms with Crippen LogP contribution in [0.4, 0.5) is 0 Å². The number of thioether (sulfide) groups is 1. The summed E-state index contributed by atoms with van der Waals surface area (Å²) in [6, 6.07) is 1.38. The van der Waals surface area contributed by atoms with Crippen LogP contribution in [-0.4, -0.2) is 42.1 Å². The van der Waals surface area contributed by atoms with Gasteiger partial charge in [0.05, 0.1) is 0 Å². The summed E-state index contributed by atoms with van der Waals surface area (Å²) in [7, 11) is 2.32. The van der Waals surface area contributed by atoms with Crippen LogP contribution in [0.3, 0.4) is 0 Å². The minimum atomic E-state index is 0.483. The largest absolute Gasteiger partial charge is 0.329 e. The fraction of sp³-hybridized carbons (Fsp3) is 1.00. The molecule has 0 amide bonds. The molecule has 1 aliphatic heterocycles. The lowest BCUT2D eigenvalue weighted by Gasteiger charge is -2.43. The number of nitrogens with zero attached hydrogens (tertiary/aromatic N) is 1. The normalized spacial score (nSPS) is 33.6. The Bertz CT molecular complexity index is 286. The molecule has 0 spiro atoms. The zero-order chi connectivity index (χ0) is 14.8. The Morgan fingerprint density at radius 3 is 2.25 bits per heavy atom. The fourth-order valence-electron chi connectivity index (χ4n) is 4.18. The molecule has 3 heteroatoms. The highest BCUT2D eigenvalue weighted by atomic mass is 32.2. The minimum Gasteiger partial charge on any atom is -0.329 e. The first-order valence-electron chi connectivity index (χ1n) is 8.43. The third-order valence-electron chi connectivity index (χ3n) is 5.79. The maximum absolute atomic E-state index is 6.14. The first-order valence-corrected chi connectivity index (χ1v) is 9.58. The molecule has 2 nitrogen and oxygen atoms in total. The van der Waals surface area contributed by atoms with E-state index in [1.807, 2.05) is 0 Å². The van der Waals surface area contributed by atoms with Crippen LogP contribution in [0.1, 0.15) is 52.9 Å². The molecular weight excluding hydrogens is 264 g/mol. The second-order valence-electron chi connectivity index (χ2n) is 7.96. The second kappa shape index (κ2) is 7.02. The molecule has 1 saturated carbocycles. The van der Waals surface area contributed by atoms with Crippen LogP contribution in [0.25, 0.3) is 0 Å². The summed E-state index contributed by atoms with van der Waals surface area (Å²) in [5, 5.41) is 0. The third-order valence-corrected chi connectivity index (χ3v) is 6.93. The lowest BCUT2D eigenvalue weighted by molar-refractivity contribution is 0.0787. The summed E-state index contributed by atoms with van der Waals surface area (Å²) in [4.78, 5) is 2.63. The quantitative estimate of drug-likeness (QED) is 0.860. The average molecular weight is 299 g/mol. The Hall–Kier alpha value is 0.270. The van der Waals surface area contributed by atoms with Crippen LogP contribution in [0, 0.1) is 17.3 Å². The molecule has 2 atom stereocenters. The van der Waals surface area contributed by atoms with Crippen LogP contribution in [0.15, 0.2) is 0 Å². The van der Waals surface area contributed by atoms with Gasteiger partial charge in [0.2, 0.25) is 0 Å². The molecule has 2 unspecified atom stereocenters. The van der Waals surface area contributed by atoms with E-state index in [0.29, 0.717) is 11.5 Å². The van der Waals surface area contributed by atoms with Gasteiger partial charge in [-0.15, -0.1) is 0 Å². The molecular formula is C17H34N2S. The van der Waals surface area contributed by atoms with Gasteiger partial charge in [0.15, 0.2) is 0 Å². The topological polar surface area (TPSA) is 29.3 Å². The van der Waals surface area contributed by atoms with Crippen molar-refractivity contribution in [1.29, 1.82) is 0 Å². The fourth-order valence-corrected chi connectivity index (χ4v) is 5.45. The number of rotatable bonds is 4. The van der Waals surface area contributed by atoms with E-state index in [9.17, 15) is 0 Å². The predicted octanol–water partition coefficient (Wildman–Crippen LogP) is 3.60. The highest BCUT2D eigenvalue weighted by Crippen LogP contribution is 2.41. The molecule has 0 bridgehead atoms. The highest BCUT2D eigenvalue weighted by molar-refractivity contribution is 7.99. The number of hydrogen-bond donors (Lipinski definition) is 1. The molecule has 118 valence electrons. The van der Waals surface area contributed by atoms with E-state index in [-0.39, 0.29) is 0 Å². The van der Waals surface area contributed by atoms with Crippen molar-refractivity contribution in [1.82, 2.24) is 4.90 Å². The first-order chi connectivity index (χ1) is 9.43. The Kier molecular flexibility index (Phi) is 5.84. The average Bonchev–Trinajstić information content (AvgIpc) is 2.93. The van der Waals surface area contributed by atoms with Crippen LogP contribution in [0.5, 0.6) is 0 Å². The van der Waals surface area contributed by atoms with Crippen molar-refractivity contribution in [2.24, 2.45) is 23.0 Å². The Morgan fingerprint density at radius 2 is 1.80 bits per heavy atom. The van der Waals surface area contributed by atoms with Crippen molar-refractivity contribution >= 4 is 11.8 Å². The van der Waals surface area contributed by atoms with Gasteiger partial charge in [0, 0.05) is 24.4 Å². The highest BCUT2D eigenvalue weighted by Gasteiger charge is 2.35. The van der Waals surface area contributed by atoms with Crippen molar-refractivity contribution in [2.45, 2.75) is 65.0 Å². The summed E-state index contributed by atoms with van der Waals surface area (Å²) >= 11 is 2.11. The molecule has 0 aromatic rings. The molecule has 1 aliphatic carbocycles. The summed E-state index contributed by atoms with van der Waals surface area (Å²) in [6.45, 7) is 8.05. The van der Waals surface area contributed by atoms with Crippen molar-refractivity contribution in [3.8, 4) is 0 Å². The molecule has 0 aromatic carbocycles. The number of nitrogens with two attached hydrogens (primary N) is 1. The summed E-state index contributed by atoms with van der Waals surface area (Å²) < 4.78 is 0. The Morgan fingerprint density at radius 1 is 1.15 bits per heavy atom. The summed E-state index contributed by atoms with van der Waals surface area (Å²) in [6.07, 6.45) is 6.92.